The lowest BCUT2D eigenvalue weighted by molar-refractivity contribution is -0.143. The fourth-order valence-electron chi connectivity index (χ4n) is 3.29. The number of alkyl halides is 3. The molecule has 7 heteroatoms. The number of hydrogen-bond acceptors (Lipinski definition) is 3. The summed E-state index contributed by atoms with van der Waals surface area (Å²) in [7, 11) is 0. The van der Waals surface area contributed by atoms with Crippen LogP contribution in [0.3, 0.4) is 0 Å². The van der Waals surface area contributed by atoms with E-state index in [1.807, 2.05) is 12.1 Å². The maximum atomic E-state index is 12.8. The molecule has 0 aromatic heterocycles. The molecule has 0 unspecified atom stereocenters. The van der Waals surface area contributed by atoms with E-state index >= 15 is 0 Å². The van der Waals surface area contributed by atoms with Crippen molar-refractivity contribution in [1.29, 1.82) is 0 Å². The van der Waals surface area contributed by atoms with Gasteiger partial charge >= 0.3 is 12.1 Å². The number of benzene rings is 2. The molecule has 1 N–H and O–H groups in total. The van der Waals surface area contributed by atoms with Gasteiger partial charge in [0.15, 0.2) is 0 Å². The molecule has 150 valence electrons. The van der Waals surface area contributed by atoms with Crippen molar-refractivity contribution >= 4 is 5.97 Å². The predicted octanol–water partition coefficient (Wildman–Crippen LogP) is 4.58. The summed E-state index contributed by atoms with van der Waals surface area (Å²) in [5, 5.41) is 9.04. The Balaban J connectivity index is 1.51. The summed E-state index contributed by atoms with van der Waals surface area (Å²) in [6.45, 7) is 2.31. The number of aliphatic carboxylic acids is 1. The summed E-state index contributed by atoms with van der Waals surface area (Å²) >= 11 is 0. The number of likely N-dealkylation sites (tertiary alicyclic amines) is 1. The highest BCUT2D eigenvalue weighted by atomic mass is 19.4. The number of halogens is 3. The standard InChI is InChI=1S/C21H22F3NO3/c22-21(23,24)18-3-1-2-16(12-18)14-28-19-6-4-15(5-7-19)13-25-10-8-17(9-11-25)20(26)27/h1-7,12,17H,8-11,13-14H2,(H,26,27). The van der Waals surface area contributed by atoms with Gasteiger partial charge < -0.3 is 9.84 Å². The zero-order valence-corrected chi connectivity index (χ0v) is 15.3. The Kier molecular flexibility index (Phi) is 6.24. The minimum atomic E-state index is -4.36. The molecule has 0 aliphatic carbocycles. The molecule has 0 saturated carbocycles. The second-order valence-electron chi connectivity index (χ2n) is 7.02. The van der Waals surface area contributed by atoms with Gasteiger partial charge in [-0.1, -0.05) is 24.3 Å². The smallest absolute Gasteiger partial charge is 0.416 e. The van der Waals surface area contributed by atoms with Crippen LogP contribution in [0.5, 0.6) is 5.75 Å². The predicted molar refractivity (Wildman–Crippen MR) is 97.9 cm³/mol. The van der Waals surface area contributed by atoms with Gasteiger partial charge in [0.25, 0.3) is 0 Å². The van der Waals surface area contributed by atoms with Crippen molar-refractivity contribution < 1.29 is 27.8 Å². The van der Waals surface area contributed by atoms with Crippen LogP contribution in [0.1, 0.15) is 29.5 Å². The van der Waals surface area contributed by atoms with E-state index in [9.17, 15) is 18.0 Å². The molecule has 3 rings (SSSR count). The largest absolute Gasteiger partial charge is 0.489 e. The van der Waals surface area contributed by atoms with Crippen LogP contribution in [-0.2, 0) is 24.1 Å². The van der Waals surface area contributed by atoms with Gasteiger partial charge in [-0.25, -0.2) is 0 Å². The van der Waals surface area contributed by atoms with Crippen molar-refractivity contribution in [1.82, 2.24) is 4.90 Å². The highest BCUT2D eigenvalue weighted by Crippen LogP contribution is 2.29. The van der Waals surface area contributed by atoms with Crippen LogP contribution in [0.15, 0.2) is 48.5 Å². The zero-order valence-electron chi connectivity index (χ0n) is 15.3. The summed E-state index contributed by atoms with van der Waals surface area (Å²) in [6.07, 6.45) is -3.04. The summed E-state index contributed by atoms with van der Waals surface area (Å²) in [6, 6.07) is 12.5. The van der Waals surface area contributed by atoms with E-state index in [0.29, 0.717) is 24.2 Å². The highest BCUT2D eigenvalue weighted by molar-refractivity contribution is 5.70. The van der Waals surface area contributed by atoms with Gasteiger partial charge in [0.05, 0.1) is 11.5 Å². The number of carbonyl (C=O) groups is 1. The van der Waals surface area contributed by atoms with Gasteiger partial charge in [0, 0.05) is 6.54 Å². The molecule has 2 aromatic rings. The van der Waals surface area contributed by atoms with Crippen molar-refractivity contribution in [3.63, 3.8) is 0 Å². The second-order valence-corrected chi connectivity index (χ2v) is 7.02. The third-order valence-corrected chi connectivity index (χ3v) is 4.93. The number of carboxylic acids is 1. The van der Waals surface area contributed by atoms with Gasteiger partial charge in [-0.3, -0.25) is 9.69 Å². The van der Waals surface area contributed by atoms with Crippen molar-refractivity contribution in [3.8, 4) is 5.75 Å². The molecule has 1 fully saturated rings. The molecule has 2 aromatic carbocycles. The average Bonchev–Trinajstić information content (AvgIpc) is 2.67. The SMILES string of the molecule is O=C(O)C1CCN(Cc2ccc(OCc3cccc(C(F)(F)F)c3)cc2)CC1. The maximum Gasteiger partial charge on any atom is 0.416 e. The summed E-state index contributed by atoms with van der Waals surface area (Å²) in [4.78, 5) is 13.2. The van der Waals surface area contributed by atoms with Crippen molar-refractivity contribution in [2.45, 2.75) is 32.2 Å². The van der Waals surface area contributed by atoms with E-state index in [-0.39, 0.29) is 12.5 Å². The highest BCUT2D eigenvalue weighted by Gasteiger charge is 2.30. The molecule has 0 radical (unpaired) electrons. The van der Waals surface area contributed by atoms with Crippen LogP contribution < -0.4 is 4.74 Å². The van der Waals surface area contributed by atoms with Gasteiger partial charge in [0.2, 0.25) is 0 Å². The molecule has 28 heavy (non-hydrogen) atoms. The molecule has 1 saturated heterocycles. The Labute approximate surface area is 161 Å². The summed E-state index contributed by atoms with van der Waals surface area (Å²) in [5.74, 6) is -0.379. The van der Waals surface area contributed by atoms with E-state index in [1.54, 1.807) is 18.2 Å². The normalized spacial score (nSPS) is 16.1. The minimum absolute atomic E-state index is 0.0615. The van der Waals surface area contributed by atoms with E-state index in [2.05, 4.69) is 4.90 Å². The van der Waals surface area contributed by atoms with E-state index in [1.165, 1.54) is 6.07 Å². The van der Waals surface area contributed by atoms with Gasteiger partial charge in [-0.15, -0.1) is 0 Å². The van der Waals surface area contributed by atoms with E-state index < -0.39 is 17.7 Å². The number of carboxylic acid groups (broad SMARTS) is 1. The third-order valence-electron chi connectivity index (χ3n) is 4.93. The maximum absolute atomic E-state index is 12.8. The van der Waals surface area contributed by atoms with Crippen LogP contribution in [-0.4, -0.2) is 29.1 Å². The molecule has 0 atom stereocenters. The molecule has 1 aliphatic heterocycles. The quantitative estimate of drug-likeness (QED) is 0.781. The lowest BCUT2D eigenvalue weighted by atomic mass is 9.97. The fraction of sp³-hybridized carbons (Fsp3) is 0.381. The van der Waals surface area contributed by atoms with Gasteiger partial charge in [-0.2, -0.15) is 13.2 Å². The number of ether oxygens (including phenoxy) is 1. The van der Waals surface area contributed by atoms with Crippen molar-refractivity contribution in [3.05, 3.63) is 65.2 Å². The minimum Gasteiger partial charge on any atom is -0.489 e. The number of rotatable bonds is 6. The molecule has 1 aliphatic rings. The topological polar surface area (TPSA) is 49.8 Å². The third kappa shape index (κ3) is 5.48. The van der Waals surface area contributed by atoms with Gasteiger partial charge in [0.1, 0.15) is 12.4 Å². The molecular weight excluding hydrogens is 371 g/mol. The molecule has 1 heterocycles. The van der Waals surface area contributed by atoms with Crippen LogP contribution in [0, 0.1) is 5.92 Å². The molecular formula is C21H22F3NO3. The Morgan fingerprint density at radius 2 is 1.75 bits per heavy atom. The first kappa shape index (κ1) is 20.2. The van der Waals surface area contributed by atoms with Crippen LogP contribution in [0.2, 0.25) is 0 Å². The monoisotopic (exact) mass is 393 g/mol. The Morgan fingerprint density at radius 1 is 1.07 bits per heavy atom. The van der Waals surface area contributed by atoms with E-state index in [0.717, 1.165) is 37.3 Å². The fourth-order valence-corrected chi connectivity index (χ4v) is 3.29. The average molecular weight is 393 g/mol. The van der Waals surface area contributed by atoms with Crippen LogP contribution >= 0.6 is 0 Å². The number of piperidine rings is 1. The number of hydrogen-bond donors (Lipinski definition) is 1. The van der Waals surface area contributed by atoms with Crippen molar-refractivity contribution in [2.24, 2.45) is 5.92 Å². The first-order chi connectivity index (χ1) is 13.3. The molecule has 0 spiro atoms. The second kappa shape index (κ2) is 8.65. The molecule has 4 nitrogen and oxygen atoms in total. The lowest BCUT2D eigenvalue weighted by Gasteiger charge is -2.30. The summed E-state index contributed by atoms with van der Waals surface area (Å²) in [5.41, 5.74) is 0.857. The van der Waals surface area contributed by atoms with E-state index in [4.69, 9.17) is 9.84 Å². The van der Waals surface area contributed by atoms with Crippen molar-refractivity contribution in [2.75, 3.05) is 13.1 Å². The molecule has 0 bridgehead atoms. The Hall–Kier alpha value is -2.54. The number of nitrogens with zero attached hydrogens (tertiary/aromatic N) is 1. The first-order valence-corrected chi connectivity index (χ1v) is 9.14. The van der Waals surface area contributed by atoms with Crippen LogP contribution in [0.4, 0.5) is 13.2 Å². The lowest BCUT2D eigenvalue weighted by Crippen LogP contribution is -2.35. The first-order valence-electron chi connectivity index (χ1n) is 9.14. The molecule has 0 amide bonds. The van der Waals surface area contributed by atoms with Gasteiger partial charge in [-0.05, 0) is 61.3 Å². The zero-order chi connectivity index (χ0) is 20.1. The summed E-state index contributed by atoms with van der Waals surface area (Å²) < 4.78 is 43.9. The Morgan fingerprint density at radius 3 is 2.36 bits per heavy atom. The van der Waals surface area contributed by atoms with Crippen LogP contribution in [0.25, 0.3) is 0 Å². The Bertz CT molecular complexity index is 797.